The summed E-state index contributed by atoms with van der Waals surface area (Å²) in [7, 11) is 0. The van der Waals surface area contributed by atoms with E-state index in [2.05, 4.69) is 15.9 Å². The van der Waals surface area contributed by atoms with E-state index >= 15 is 0 Å². The van der Waals surface area contributed by atoms with Gasteiger partial charge in [-0.3, -0.25) is 4.79 Å². The van der Waals surface area contributed by atoms with Gasteiger partial charge in [0.05, 0.1) is 11.6 Å². The van der Waals surface area contributed by atoms with Gasteiger partial charge in [-0.25, -0.2) is 4.79 Å². The Kier molecular flexibility index (Phi) is 4.62. The lowest BCUT2D eigenvalue weighted by atomic mass is 10.1. The first-order valence-corrected chi connectivity index (χ1v) is 6.97. The molecule has 6 heteroatoms. The van der Waals surface area contributed by atoms with Crippen LogP contribution in [0, 0.1) is 0 Å². The summed E-state index contributed by atoms with van der Waals surface area (Å²) in [6.45, 7) is 1.85. The number of esters is 1. The van der Waals surface area contributed by atoms with Gasteiger partial charge in [-0.1, -0.05) is 23.7 Å². The minimum absolute atomic E-state index is 0.0340. The molecule has 0 atom stereocenters. The van der Waals surface area contributed by atoms with E-state index in [4.69, 9.17) is 20.8 Å². The van der Waals surface area contributed by atoms with Gasteiger partial charge in [-0.2, -0.15) is 0 Å². The van der Waals surface area contributed by atoms with Gasteiger partial charge < -0.3 is 9.15 Å². The van der Waals surface area contributed by atoms with E-state index in [0.29, 0.717) is 10.6 Å². The maximum atomic E-state index is 11.9. The average Bonchev–Trinajstić information content (AvgIpc) is 2.42. The average molecular weight is 358 g/mol. The van der Waals surface area contributed by atoms with Crippen molar-refractivity contribution in [3.8, 4) is 11.3 Å². The summed E-state index contributed by atoms with van der Waals surface area (Å²) in [5, 5.41) is 0.424. The van der Waals surface area contributed by atoms with Crippen LogP contribution in [0.25, 0.3) is 11.3 Å². The van der Waals surface area contributed by atoms with Crippen LogP contribution < -0.4 is 5.43 Å². The summed E-state index contributed by atoms with van der Waals surface area (Å²) in [4.78, 5) is 23.7. The summed E-state index contributed by atoms with van der Waals surface area (Å²) in [5.41, 5.74) is 0.151. The van der Waals surface area contributed by atoms with Crippen molar-refractivity contribution in [2.24, 2.45) is 0 Å². The number of rotatable bonds is 3. The molecule has 0 saturated carbocycles. The number of ether oxygens (including phenoxy) is 1. The molecular formula is C14H10BrClO4. The van der Waals surface area contributed by atoms with Gasteiger partial charge >= 0.3 is 5.97 Å². The van der Waals surface area contributed by atoms with Crippen molar-refractivity contribution in [1.29, 1.82) is 0 Å². The van der Waals surface area contributed by atoms with E-state index < -0.39 is 5.97 Å². The molecule has 0 aliphatic heterocycles. The smallest absolute Gasteiger partial charge is 0.375 e. The largest absolute Gasteiger partial charge is 0.460 e. The highest BCUT2D eigenvalue weighted by Gasteiger charge is 2.20. The molecule has 0 radical (unpaired) electrons. The summed E-state index contributed by atoms with van der Waals surface area (Å²) >= 11 is 9.09. The maximum absolute atomic E-state index is 11.9. The molecule has 0 bridgehead atoms. The predicted molar refractivity (Wildman–Crippen MR) is 79.1 cm³/mol. The fourth-order valence-electron chi connectivity index (χ4n) is 1.60. The van der Waals surface area contributed by atoms with Crippen molar-refractivity contribution in [1.82, 2.24) is 0 Å². The van der Waals surface area contributed by atoms with E-state index in [0.717, 1.165) is 0 Å². The fourth-order valence-corrected chi connectivity index (χ4v) is 2.19. The van der Waals surface area contributed by atoms with E-state index in [1.165, 1.54) is 6.07 Å². The summed E-state index contributed by atoms with van der Waals surface area (Å²) in [5.74, 6) is -0.661. The van der Waals surface area contributed by atoms with E-state index in [1.807, 2.05) is 0 Å². The highest BCUT2D eigenvalue weighted by atomic mass is 79.9. The molecule has 1 aromatic carbocycles. The fraction of sp³-hybridized carbons (Fsp3) is 0.143. The first kappa shape index (κ1) is 14.8. The van der Waals surface area contributed by atoms with Crippen LogP contribution in [0.15, 0.2) is 44.0 Å². The molecule has 0 fully saturated rings. The van der Waals surface area contributed by atoms with Crippen LogP contribution >= 0.6 is 27.5 Å². The van der Waals surface area contributed by atoms with Crippen molar-refractivity contribution in [3.63, 3.8) is 0 Å². The van der Waals surface area contributed by atoms with Crippen molar-refractivity contribution in [3.05, 3.63) is 55.8 Å². The maximum Gasteiger partial charge on any atom is 0.375 e. The van der Waals surface area contributed by atoms with Gasteiger partial charge in [0, 0.05) is 11.6 Å². The summed E-state index contributed by atoms with van der Waals surface area (Å²) < 4.78 is 10.3. The molecule has 0 aliphatic carbocycles. The standard InChI is InChI=1S/C14H10BrClO4/c1-2-19-14(18)13-12(15)10(17)7-11(20-13)8-5-3-4-6-9(8)16/h3-7H,2H2,1H3. The second-order valence-corrected chi connectivity index (χ2v) is 5.02. The number of benzene rings is 1. The molecule has 2 rings (SSSR count). The van der Waals surface area contributed by atoms with Crippen LogP contribution in [0.5, 0.6) is 0 Å². The number of hydrogen-bond donors (Lipinski definition) is 0. The monoisotopic (exact) mass is 356 g/mol. The Morgan fingerprint density at radius 1 is 1.40 bits per heavy atom. The molecule has 0 amide bonds. The Balaban J connectivity index is 2.60. The third-order valence-electron chi connectivity index (χ3n) is 2.49. The molecule has 20 heavy (non-hydrogen) atoms. The summed E-state index contributed by atoms with van der Waals surface area (Å²) in [6.07, 6.45) is 0. The lowest BCUT2D eigenvalue weighted by molar-refractivity contribution is 0.0486. The first-order valence-electron chi connectivity index (χ1n) is 5.80. The molecule has 0 spiro atoms. The minimum Gasteiger partial charge on any atom is -0.460 e. The van der Waals surface area contributed by atoms with Gasteiger partial charge in [0.2, 0.25) is 11.2 Å². The molecule has 0 unspecified atom stereocenters. The molecule has 1 heterocycles. The SMILES string of the molecule is CCOC(=O)c1oc(-c2ccccc2Cl)cc(=O)c1Br. The van der Waals surface area contributed by atoms with E-state index in [9.17, 15) is 9.59 Å². The molecular weight excluding hydrogens is 348 g/mol. The van der Waals surface area contributed by atoms with Crippen molar-refractivity contribution in [2.75, 3.05) is 6.61 Å². The van der Waals surface area contributed by atoms with Crippen LogP contribution in [-0.2, 0) is 4.74 Å². The van der Waals surface area contributed by atoms with Crippen molar-refractivity contribution >= 4 is 33.5 Å². The number of carbonyl (C=O) groups excluding carboxylic acids is 1. The van der Waals surface area contributed by atoms with Crippen LogP contribution in [0.3, 0.4) is 0 Å². The van der Waals surface area contributed by atoms with Crippen molar-refractivity contribution in [2.45, 2.75) is 6.92 Å². The lowest BCUT2D eigenvalue weighted by Gasteiger charge is -2.07. The topological polar surface area (TPSA) is 56.5 Å². The number of carbonyl (C=O) groups is 1. The summed E-state index contributed by atoms with van der Waals surface area (Å²) in [6, 6.07) is 8.16. The van der Waals surface area contributed by atoms with Gasteiger partial charge in [0.25, 0.3) is 0 Å². The van der Waals surface area contributed by atoms with E-state index in [1.54, 1.807) is 31.2 Å². The second kappa shape index (κ2) is 6.24. The minimum atomic E-state index is -0.703. The van der Waals surface area contributed by atoms with Gasteiger partial charge in [-0.15, -0.1) is 0 Å². The predicted octanol–water partition coefficient (Wildman–Crippen LogP) is 3.90. The normalized spacial score (nSPS) is 10.3. The Morgan fingerprint density at radius 3 is 2.75 bits per heavy atom. The second-order valence-electron chi connectivity index (χ2n) is 3.82. The molecule has 104 valence electrons. The molecule has 1 aromatic heterocycles. The number of hydrogen-bond acceptors (Lipinski definition) is 4. The molecule has 2 aromatic rings. The Labute approximate surface area is 128 Å². The van der Waals surface area contributed by atoms with Crippen LogP contribution in [-0.4, -0.2) is 12.6 Å². The molecule has 0 N–H and O–H groups in total. The molecule has 0 saturated heterocycles. The molecule has 0 aliphatic rings. The Hall–Kier alpha value is -1.59. The van der Waals surface area contributed by atoms with E-state index in [-0.39, 0.29) is 28.0 Å². The van der Waals surface area contributed by atoms with Crippen LogP contribution in [0.1, 0.15) is 17.5 Å². The van der Waals surface area contributed by atoms with Gasteiger partial charge in [0.1, 0.15) is 10.2 Å². The highest BCUT2D eigenvalue weighted by molar-refractivity contribution is 9.10. The lowest BCUT2D eigenvalue weighted by Crippen LogP contribution is -2.12. The van der Waals surface area contributed by atoms with Crippen LogP contribution in [0.4, 0.5) is 0 Å². The zero-order valence-electron chi connectivity index (χ0n) is 10.5. The third kappa shape index (κ3) is 2.94. The molecule has 4 nitrogen and oxygen atoms in total. The van der Waals surface area contributed by atoms with Crippen molar-refractivity contribution < 1.29 is 13.9 Å². The quantitative estimate of drug-likeness (QED) is 0.782. The van der Waals surface area contributed by atoms with Gasteiger partial charge in [-0.05, 0) is 35.0 Å². The highest BCUT2D eigenvalue weighted by Crippen LogP contribution is 2.29. The zero-order chi connectivity index (χ0) is 14.7. The number of halogens is 2. The zero-order valence-corrected chi connectivity index (χ0v) is 12.8. The van der Waals surface area contributed by atoms with Crippen LogP contribution in [0.2, 0.25) is 5.02 Å². The Morgan fingerprint density at radius 2 is 2.10 bits per heavy atom. The third-order valence-corrected chi connectivity index (χ3v) is 3.57. The first-order chi connectivity index (χ1) is 9.54. The van der Waals surface area contributed by atoms with Gasteiger partial charge in [0.15, 0.2) is 0 Å². The Bertz CT molecular complexity index is 709.